The molecule has 1 aromatic rings. The second-order valence-corrected chi connectivity index (χ2v) is 5.58. The van der Waals surface area contributed by atoms with E-state index in [0.29, 0.717) is 6.54 Å². The third-order valence-electron chi connectivity index (χ3n) is 2.93. The standard InChI is InChI=1S/C14H22F2N2/c1-14(2,9-17)10-18(3)8-11-4-6-12(7-5-11)13(15)16/h4-7,13H,8-10,17H2,1-3H3. The lowest BCUT2D eigenvalue weighted by Gasteiger charge is -2.29. The normalized spacial score (nSPS) is 12.4. The Hall–Kier alpha value is -1.00. The zero-order chi connectivity index (χ0) is 13.8. The minimum absolute atomic E-state index is 0.0671. The van der Waals surface area contributed by atoms with Crippen LogP contribution in [0.3, 0.4) is 0 Å². The Balaban J connectivity index is 2.57. The molecule has 2 N–H and O–H groups in total. The molecular weight excluding hydrogens is 234 g/mol. The molecule has 0 saturated heterocycles. The molecule has 0 saturated carbocycles. The van der Waals surface area contributed by atoms with E-state index in [2.05, 4.69) is 18.7 Å². The quantitative estimate of drug-likeness (QED) is 0.847. The van der Waals surface area contributed by atoms with Crippen molar-refractivity contribution in [3.8, 4) is 0 Å². The minimum Gasteiger partial charge on any atom is -0.330 e. The van der Waals surface area contributed by atoms with Gasteiger partial charge in [-0.25, -0.2) is 8.78 Å². The van der Waals surface area contributed by atoms with Gasteiger partial charge in [0.15, 0.2) is 0 Å². The average Bonchev–Trinajstić information content (AvgIpc) is 2.29. The third kappa shape index (κ3) is 4.70. The molecule has 0 bridgehead atoms. The molecule has 0 fully saturated rings. The van der Waals surface area contributed by atoms with Gasteiger partial charge in [-0.15, -0.1) is 0 Å². The van der Waals surface area contributed by atoms with E-state index in [-0.39, 0.29) is 11.0 Å². The molecule has 18 heavy (non-hydrogen) atoms. The highest BCUT2D eigenvalue weighted by atomic mass is 19.3. The van der Waals surface area contributed by atoms with Gasteiger partial charge in [-0.1, -0.05) is 38.1 Å². The summed E-state index contributed by atoms with van der Waals surface area (Å²) in [4.78, 5) is 2.16. The number of nitrogens with two attached hydrogens (primary N) is 1. The van der Waals surface area contributed by atoms with Crippen LogP contribution in [-0.4, -0.2) is 25.0 Å². The van der Waals surface area contributed by atoms with Crippen LogP contribution in [0.2, 0.25) is 0 Å². The van der Waals surface area contributed by atoms with Crippen molar-refractivity contribution < 1.29 is 8.78 Å². The van der Waals surface area contributed by atoms with Crippen LogP contribution in [0.1, 0.15) is 31.4 Å². The zero-order valence-electron chi connectivity index (χ0n) is 11.3. The van der Waals surface area contributed by atoms with E-state index in [4.69, 9.17) is 5.73 Å². The molecular formula is C14H22F2N2. The lowest BCUT2D eigenvalue weighted by molar-refractivity contribution is 0.151. The molecule has 0 aliphatic rings. The van der Waals surface area contributed by atoms with Crippen molar-refractivity contribution in [2.75, 3.05) is 20.1 Å². The average molecular weight is 256 g/mol. The Morgan fingerprint density at radius 1 is 1.22 bits per heavy atom. The van der Waals surface area contributed by atoms with Gasteiger partial charge in [0.1, 0.15) is 0 Å². The van der Waals surface area contributed by atoms with E-state index < -0.39 is 6.43 Å². The number of hydrogen-bond donors (Lipinski definition) is 1. The molecule has 1 rings (SSSR count). The van der Waals surface area contributed by atoms with Crippen LogP contribution in [0.4, 0.5) is 8.78 Å². The number of nitrogens with zero attached hydrogens (tertiary/aromatic N) is 1. The number of rotatable bonds is 6. The van der Waals surface area contributed by atoms with Gasteiger partial charge in [-0.3, -0.25) is 0 Å². The van der Waals surface area contributed by atoms with Crippen LogP contribution >= 0.6 is 0 Å². The summed E-state index contributed by atoms with van der Waals surface area (Å²) in [7, 11) is 2.01. The largest absolute Gasteiger partial charge is 0.330 e. The number of halogens is 2. The maximum Gasteiger partial charge on any atom is 0.263 e. The van der Waals surface area contributed by atoms with Crippen molar-refractivity contribution in [3.05, 3.63) is 35.4 Å². The molecule has 102 valence electrons. The van der Waals surface area contributed by atoms with Gasteiger partial charge in [-0.05, 0) is 24.6 Å². The molecule has 0 aliphatic carbocycles. The van der Waals surface area contributed by atoms with Crippen molar-refractivity contribution in [1.29, 1.82) is 0 Å². The van der Waals surface area contributed by atoms with Crippen LogP contribution in [0.15, 0.2) is 24.3 Å². The SMILES string of the molecule is CN(Cc1ccc(C(F)F)cc1)CC(C)(C)CN. The summed E-state index contributed by atoms with van der Waals surface area (Å²) in [5.74, 6) is 0. The first-order chi connectivity index (χ1) is 8.34. The molecule has 1 aromatic carbocycles. The minimum atomic E-state index is -2.40. The van der Waals surface area contributed by atoms with E-state index >= 15 is 0 Å². The molecule has 0 aliphatic heterocycles. The smallest absolute Gasteiger partial charge is 0.263 e. The first-order valence-electron chi connectivity index (χ1n) is 6.10. The lowest BCUT2D eigenvalue weighted by Crippen LogP contribution is -2.36. The zero-order valence-corrected chi connectivity index (χ0v) is 11.3. The third-order valence-corrected chi connectivity index (χ3v) is 2.93. The molecule has 0 radical (unpaired) electrons. The van der Waals surface area contributed by atoms with Gasteiger partial charge in [0.25, 0.3) is 6.43 Å². The summed E-state index contributed by atoms with van der Waals surface area (Å²) in [5.41, 5.74) is 6.87. The second kappa shape index (κ2) is 6.25. The number of alkyl halides is 2. The molecule has 0 heterocycles. The van der Waals surface area contributed by atoms with Crippen LogP contribution in [0.5, 0.6) is 0 Å². The number of benzene rings is 1. The van der Waals surface area contributed by atoms with Crippen molar-refractivity contribution >= 4 is 0 Å². The highest BCUT2D eigenvalue weighted by molar-refractivity contribution is 5.23. The molecule has 0 spiro atoms. The fourth-order valence-corrected chi connectivity index (χ4v) is 1.93. The van der Waals surface area contributed by atoms with Crippen LogP contribution < -0.4 is 5.73 Å². The van der Waals surface area contributed by atoms with Crippen molar-refractivity contribution in [3.63, 3.8) is 0 Å². The topological polar surface area (TPSA) is 29.3 Å². The van der Waals surface area contributed by atoms with Crippen molar-refractivity contribution in [1.82, 2.24) is 4.90 Å². The number of hydrogen-bond acceptors (Lipinski definition) is 2. The molecule has 0 aromatic heterocycles. The Morgan fingerprint density at radius 3 is 2.22 bits per heavy atom. The van der Waals surface area contributed by atoms with Crippen molar-refractivity contribution in [2.24, 2.45) is 11.1 Å². The molecule has 2 nitrogen and oxygen atoms in total. The Labute approximate surface area is 108 Å². The maximum atomic E-state index is 12.4. The van der Waals surface area contributed by atoms with E-state index in [1.165, 1.54) is 12.1 Å². The highest BCUT2D eigenvalue weighted by Crippen LogP contribution is 2.20. The fraction of sp³-hybridized carbons (Fsp3) is 0.571. The van der Waals surface area contributed by atoms with E-state index in [1.807, 2.05) is 7.05 Å². The monoisotopic (exact) mass is 256 g/mol. The Kier molecular flexibility index (Phi) is 5.23. The van der Waals surface area contributed by atoms with E-state index in [0.717, 1.165) is 18.7 Å². The van der Waals surface area contributed by atoms with Crippen LogP contribution in [0, 0.1) is 5.41 Å². The van der Waals surface area contributed by atoms with Crippen molar-refractivity contribution in [2.45, 2.75) is 26.8 Å². The summed E-state index contributed by atoms with van der Waals surface area (Å²) < 4.78 is 24.8. The summed E-state index contributed by atoms with van der Waals surface area (Å²) in [6.07, 6.45) is -2.40. The van der Waals surface area contributed by atoms with Gasteiger partial charge < -0.3 is 10.6 Å². The Morgan fingerprint density at radius 2 is 1.78 bits per heavy atom. The van der Waals surface area contributed by atoms with E-state index in [9.17, 15) is 8.78 Å². The molecule has 0 amide bonds. The van der Waals surface area contributed by atoms with Gasteiger partial charge in [0.2, 0.25) is 0 Å². The molecule has 4 heteroatoms. The van der Waals surface area contributed by atoms with Gasteiger partial charge >= 0.3 is 0 Å². The summed E-state index contributed by atoms with van der Waals surface area (Å²) in [5, 5.41) is 0. The highest BCUT2D eigenvalue weighted by Gasteiger charge is 2.18. The predicted molar refractivity (Wildman–Crippen MR) is 70.6 cm³/mol. The van der Waals surface area contributed by atoms with Gasteiger partial charge in [0, 0.05) is 18.7 Å². The summed E-state index contributed by atoms with van der Waals surface area (Å²) in [6, 6.07) is 6.49. The Bertz CT molecular complexity index is 361. The first kappa shape index (κ1) is 15.1. The lowest BCUT2D eigenvalue weighted by atomic mass is 9.93. The molecule has 0 unspecified atom stereocenters. The maximum absolute atomic E-state index is 12.4. The first-order valence-corrected chi connectivity index (χ1v) is 6.10. The summed E-state index contributed by atoms with van der Waals surface area (Å²) >= 11 is 0. The van der Waals surface area contributed by atoms with Gasteiger partial charge in [-0.2, -0.15) is 0 Å². The van der Waals surface area contributed by atoms with Crippen LogP contribution in [0.25, 0.3) is 0 Å². The predicted octanol–water partition coefficient (Wildman–Crippen LogP) is 3.04. The van der Waals surface area contributed by atoms with Crippen LogP contribution in [-0.2, 0) is 6.54 Å². The second-order valence-electron chi connectivity index (χ2n) is 5.58. The van der Waals surface area contributed by atoms with Gasteiger partial charge in [0.05, 0.1) is 0 Å². The fourth-order valence-electron chi connectivity index (χ4n) is 1.93. The van der Waals surface area contributed by atoms with E-state index in [1.54, 1.807) is 12.1 Å². The summed E-state index contributed by atoms with van der Waals surface area (Å²) in [6.45, 7) is 6.47. The molecule has 0 atom stereocenters.